The van der Waals surface area contributed by atoms with E-state index in [0.717, 1.165) is 11.1 Å². The summed E-state index contributed by atoms with van der Waals surface area (Å²) in [5.41, 5.74) is 8.14. The number of benzene rings is 2. The first-order chi connectivity index (χ1) is 9.60. The Kier molecular flexibility index (Phi) is 4.48. The van der Waals surface area contributed by atoms with E-state index < -0.39 is 6.10 Å². The number of anilines is 1. The molecule has 0 amide bonds. The van der Waals surface area contributed by atoms with Crippen LogP contribution < -0.4 is 15.2 Å². The molecule has 0 aliphatic carbocycles. The Labute approximate surface area is 118 Å². The summed E-state index contributed by atoms with van der Waals surface area (Å²) in [6, 6.07) is 12.8. The summed E-state index contributed by atoms with van der Waals surface area (Å²) in [4.78, 5) is 0. The lowest BCUT2D eigenvalue weighted by Gasteiger charge is -2.15. The van der Waals surface area contributed by atoms with E-state index in [1.807, 2.05) is 25.1 Å². The molecule has 2 rings (SSSR count). The molecule has 1 atom stereocenters. The normalized spacial score (nSPS) is 11.9. The standard InChI is InChI=1S/C16H19NO3/c1-11-3-8-15(16(9-11)19-2)20-10-14(18)12-4-6-13(17)7-5-12/h3-9,14,18H,10,17H2,1-2H3. The fourth-order valence-corrected chi connectivity index (χ4v) is 1.88. The fourth-order valence-electron chi connectivity index (χ4n) is 1.88. The first kappa shape index (κ1) is 14.2. The lowest BCUT2D eigenvalue weighted by atomic mass is 10.1. The number of ether oxygens (including phenoxy) is 2. The van der Waals surface area contributed by atoms with Crippen molar-refractivity contribution in [3.63, 3.8) is 0 Å². The zero-order valence-electron chi connectivity index (χ0n) is 11.7. The molecule has 0 aromatic heterocycles. The molecule has 3 N–H and O–H groups in total. The Hall–Kier alpha value is -2.20. The summed E-state index contributed by atoms with van der Waals surface area (Å²) in [7, 11) is 1.60. The van der Waals surface area contributed by atoms with Gasteiger partial charge in [-0.15, -0.1) is 0 Å². The van der Waals surface area contributed by atoms with Crippen molar-refractivity contribution in [1.29, 1.82) is 0 Å². The van der Waals surface area contributed by atoms with Crippen LogP contribution in [0.15, 0.2) is 42.5 Å². The van der Waals surface area contributed by atoms with Crippen LogP contribution in [0.2, 0.25) is 0 Å². The van der Waals surface area contributed by atoms with Crippen molar-refractivity contribution in [2.75, 3.05) is 19.5 Å². The molecule has 0 heterocycles. The topological polar surface area (TPSA) is 64.7 Å². The predicted molar refractivity (Wildman–Crippen MR) is 79.0 cm³/mol. The van der Waals surface area contributed by atoms with Crippen molar-refractivity contribution in [3.05, 3.63) is 53.6 Å². The third-order valence-electron chi connectivity index (χ3n) is 3.04. The molecule has 20 heavy (non-hydrogen) atoms. The van der Waals surface area contributed by atoms with Gasteiger partial charge < -0.3 is 20.3 Å². The van der Waals surface area contributed by atoms with Crippen LogP contribution >= 0.6 is 0 Å². The van der Waals surface area contributed by atoms with E-state index in [4.69, 9.17) is 15.2 Å². The SMILES string of the molecule is COc1cc(C)ccc1OCC(O)c1ccc(N)cc1. The quantitative estimate of drug-likeness (QED) is 0.822. The highest BCUT2D eigenvalue weighted by atomic mass is 16.5. The Morgan fingerprint density at radius 1 is 1.10 bits per heavy atom. The molecule has 106 valence electrons. The first-order valence-corrected chi connectivity index (χ1v) is 6.41. The molecule has 1 unspecified atom stereocenters. The molecule has 4 nitrogen and oxygen atoms in total. The summed E-state index contributed by atoms with van der Waals surface area (Å²) in [5.74, 6) is 1.28. The second-order valence-corrected chi connectivity index (χ2v) is 4.65. The van der Waals surface area contributed by atoms with Crippen molar-refractivity contribution in [1.82, 2.24) is 0 Å². The maximum atomic E-state index is 10.1. The van der Waals surface area contributed by atoms with Gasteiger partial charge in [0.1, 0.15) is 12.7 Å². The summed E-state index contributed by atoms with van der Waals surface area (Å²) in [6.45, 7) is 2.14. The predicted octanol–water partition coefficient (Wildman–Crippen LogP) is 2.70. The molecule has 0 radical (unpaired) electrons. The smallest absolute Gasteiger partial charge is 0.161 e. The minimum atomic E-state index is -0.707. The molecule has 0 fully saturated rings. The second-order valence-electron chi connectivity index (χ2n) is 4.65. The van der Waals surface area contributed by atoms with Gasteiger partial charge in [0.05, 0.1) is 7.11 Å². The average molecular weight is 273 g/mol. The fraction of sp³-hybridized carbons (Fsp3) is 0.250. The molecular weight excluding hydrogens is 254 g/mol. The number of rotatable bonds is 5. The maximum Gasteiger partial charge on any atom is 0.161 e. The van der Waals surface area contributed by atoms with E-state index in [1.165, 1.54) is 0 Å². The number of nitrogens with two attached hydrogens (primary N) is 1. The van der Waals surface area contributed by atoms with Crippen LogP contribution in [-0.4, -0.2) is 18.8 Å². The molecule has 0 saturated heterocycles. The van der Waals surface area contributed by atoms with Crippen LogP contribution in [-0.2, 0) is 0 Å². The number of aliphatic hydroxyl groups excluding tert-OH is 1. The van der Waals surface area contributed by atoms with E-state index in [-0.39, 0.29) is 6.61 Å². The first-order valence-electron chi connectivity index (χ1n) is 6.41. The minimum absolute atomic E-state index is 0.156. The molecule has 0 aliphatic heterocycles. The van der Waals surface area contributed by atoms with Gasteiger partial charge in [0.15, 0.2) is 11.5 Å². The molecule has 4 heteroatoms. The third-order valence-corrected chi connectivity index (χ3v) is 3.04. The molecule has 0 bridgehead atoms. The zero-order chi connectivity index (χ0) is 14.5. The molecule has 0 saturated carbocycles. The number of hydrogen-bond acceptors (Lipinski definition) is 4. The van der Waals surface area contributed by atoms with Gasteiger partial charge in [-0.2, -0.15) is 0 Å². The van der Waals surface area contributed by atoms with Crippen molar-refractivity contribution in [2.24, 2.45) is 0 Å². The summed E-state index contributed by atoms with van der Waals surface area (Å²) in [5, 5.41) is 10.1. The van der Waals surface area contributed by atoms with Gasteiger partial charge in [0.25, 0.3) is 0 Å². The Morgan fingerprint density at radius 2 is 1.80 bits per heavy atom. The van der Waals surface area contributed by atoms with Crippen LogP contribution in [0.5, 0.6) is 11.5 Å². The number of hydrogen-bond donors (Lipinski definition) is 2. The highest BCUT2D eigenvalue weighted by molar-refractivity contribution is 5.43. The van der Waals surface area contributed by atoms with E-state index in [1.54, 1.807) is 31.4 Å². The third kappa shape index (κ3) is 3.42. The molecular formula is C16H19NO3. The molecule has 0 spiro atoms. The van der Waals surface area contributed by atoms with Gasteiger partial charge in [-0.3, -0.25) is 0 Å². The van der Waals surface area contributed by atoms with Crippen molar-refractivity contribution in [2.45, 2.75) is 13.0 Å². The zero-order valence-corrected chi connectivity index (χ0v) is 11.7. The summed E-state index contributed by atoms with van der Waals surface area (Å²) < 4.78 is 10.9. The van der Waals surface area contributed by atoms with Gasteiger partial charge in [-0.25, -0.2) is 0 Å². The molecule has 2 aromatic rings. The molecule has 2 aromatic carbocycles. The van der Waals surface area contributed by atoms with Crippen LogP contribution in [0.4, 0.5) is 5.69 Å². The monoisotopic (exact) mass is 273 g/mol. The minimum Gasteiger partial charge on any atom is -0.493 e. The summed E-state index contributed by atoms with van der Waals surface area (Å²) in [6.07, 6.45) is -0.707. The van der Waals surface area contributed by atoms with Crippen LogP contribution in [0.25, 0.3) is 0 Å². The highest BCUT2D eigenvalue weighted by Gasteiger charge is 2.10. The van der Waals surface area contributed by atoms with E-state index in [9.17, 15) is 5.11 Å². The van der Waals surface area contributed by atoms with Gasteiger partial charge in [-0.05, 0) is 42.3 Å². The lowest BCUT2D eigenvalue weighted by molar-refractivity contribution is 0.106. The van der Waals surface area contributed by atoms with Crippen molar-refractivity contribution >= 4 is 5.69 Å². The number of methoxy groups -OCH3 is 1. The van der Waals surface area contributed by atoms with Crippen LogP contribution in [0, 0.1) is 6.92 Å². The van der Waals surface area contributed by atoms with Gasteiger partial charge >= 0.3 is 0 Å². The van der Waals surface area contributed by atoms with Gasteiger partial charge in [-0.1, -0.05) is 18.2 Å². The average Bonchev–Trinajstić information content (AvgIpc) is 2.46. The Morgan fingerprint density at radius 3 is 2.45 bits per heavy atom. The second kappa shape index (κ2) is 6.30. The molecule has 0 aliphatic rings. The van der Waals surface area contributed by atoms with Crippen molar-refractivity contribution < 1.29 is 14.6 Å². The number of aryl methyl sites for hydroxylation is 1. The summed E-state index contributed by atoms with van der Waals surface area (Å²) >= 11 is 0. The highest BCUT2D eigenvalue weighted by Crippen LogP contribution is 2.28. The van der Waals surface area contributed by atoms with E-state index >= 15 is 0 Å². The van der Waals surface area contributed by atoms with E-state index in [2.05, 4.69) is 0 Å². The largest absolute Gasteiger partial charge is 0.493 e. The van der Waals surface area contributed by atoms with Gasteiger partial charge in [0, 0.05) is 5.69 Å². The number of nitrogen functional groups attached to an aromatic ring is 1. The van der Waals surface area contributed by atoms with Crippen LogP contribution in [0.1, 0.15) is 17.2 Å². The lowest BCUT2D eigenvalue weighted by Crippen LogP contribution is -2.10. The Bertz CT molecular complexity index is 566. The van der Waals surface area contributed by atoms with E-state index in [0.29, 0.717) is 17.2 Å². The van der Waals surface area contributed by atoms with Gasteiger partial charge in [0.2, 0.25) is 0 Å². The maximum absolute atomic E-state index is 10.1. The van der Waals surface area contributed by atoms with Crippen LogP contribution in [0.3, 0.4) is 0 Å². The number of aliphatic hydroxyl groups is 1. The Balaban J connectivity index is 2.03. The van der Waals surface area contributed by atoms with Crippen molar-refractivity contribution in [3.8, 4) is 11.5 Å².